The average molecular weight is 439 g/mol. The highest BCUT2D eigenvalue weighted by Crippen LogP contribution is 2.21. The summed E-state index contributed by atoms with van der Waals surface area (Å²) in [5.41, 5.74) is 4.21. The molecule has 0 amide bonds. The molecule has 0 atom stereocenters. The number of halogens is 1. The standard InChI is InChI=1S/C22H23ClN6O2/c1-4-6-17-20(27-28-29(17)15-8-5-7-14(11-15)13(2)3)22(30)31-12-19-24-16-9-10-18(23)25-21(16)26-19/h5,7-11,13H,4,6,12H2,1-3H3,(H,24,25,26). The highest BCUT2D eigenvalue weighted by Gasteiger charge is 2.22. The number of benzene rings is 1. The average Bonchev–Trinajstić information content (AvgIpc) is 3.36. The van der Waals surface area contributed by atoms with Crippen LogP contribution in [0, 0.1) is 0 Å². The first-order valence-electron chi connectivity index (χ1n) is 10.2. The second-order valence-electron chi connectivity index (χ2n) is 7.56. The van der Waals surface area contributed by atoms with Crippen LogP contribution in [0.15, 0.2) is 36.4 Å². The number of ether oxygens (including phenoxy) is 1. The molecule has 0 fully saturated rings. The summed E-state index contributed by atoms with van der Waals surface area (Å²) in [6.45, 7) is 6.28. The Morgan fingerprint density at radius 1 is 1.23 bits per heavy atom. The Bertz CT molecular complexity index is 1230. The Hall–Kier alpha value is -3.26. The number of aromatic amines is 1. The van der Waals surface area contributed by atoms with Gasteiger partial charge in [-0.25, -0.2) is 19.4 Å². The third-order valence-electron chi connectivity index (χ3n) is 4.93. The molecule has 3 heterocycles. The van der Waals surface area contributed by atoms with Crippen molar-refractivity contribution < 1.29 is 9.53 Å². The second-order valence-corrected chi connectivity index (χ2v) is 7.95. The van der Waals surface area contributed by atoms with E-state index in [4.69, 9.17) is 16.3 Å². The van der Waals surface area contributed by atoms with Crippen LogP contribution in [0.3, 0.4) is 0 Å². The van der Waals surface area contributed by atoms with Crippen molar-refractivity contribution in [3.05, 3.63) is 64.3 Å². The molecular formula is C22H23ClN6O2. The van der Waals surface area contributed by atoms with Gasteiger partial charge in [-0.3, -0.25) is 0 Å². The largest absolute Gasteiger partial charge is 0.453 e. The van der Waals surface area contributed by atoms with Gasteiger partial charge in [0.1, 0.15) is 17.6 Å². The fourth-order valence-corrected chi connectivity index (χ4v) is 3.48. The number of nitrogens with one attached hydrogen (secondary N) is 1. The predicted octanol–water partition coefficient (Wildman–Crippen LogP) is 4.62. The normalized spacial score (nSPS) is 11.4. The lowest BCUT2D eigenvalue weighted by Crippen LogP contribution is -2.11. The minimum atomic E-state index is -0.541. The lowest BCUT2D eigenvalue weighted by molar-refractivity contribution is 0.0455. The van der Waals surface area contributed by atoms with Crippen LogP contribution in [0.5, 0.6) is 0 Å². The number of carbonyl (C=O) groups excluding carboxylic acids is 1. The molecule has 8 nitrogen and oxygen atoms in total. The summed E-state index contributed by atoms with van der Waals surface area (Å²) < 4.78 is 7.18. The molecule has 4 aromatic rings. The maximum atomic E-state index is 12.8. The molecule has 9 heteroatoms. The summed E-state index contributed by atoms with van der Waals surface area (Å²) in [5.74, 6) is 0.323. The zero-order valence-electron chi connectivity index (χ0n) is 17.6. The zero-order chi connectivity index (χ0) is 22.0. The van der Waals surface area contributed by atoms with E-state index in [9.17, 15) is 4.79 Å². The number of fused-ring (bicyclic) bond motifs is 1. The van der Waals surface area contributed by atoms with Crippen molar-refractivity contribution in [3.63, 3.8) is 0 Å². The van der Waals surface area contributed by atoms with E-state index in [1.165, 1.54) is 5.56 Å². The zero-order valence-corrected chi connectivity index (χ0v) is 18.3. The Morgan fingerprint density at radius 2 is 2.06 bits per heavy atom. The number of hydrogen-bond donors (Lipinski definition) is 1. The number of carbonyl (C=O) groups is 1. The number of hydrogen-bond acceptors (Lipinski definition) is 6. The summed E-state index contributed by atoms with van der Waals surface area (Å²) in [6.07, 6.45) is 1.49. The van der Waals surface area contributed by atoms with E-state index in [-0.39, 0.29) is 12.3 Å². The van der Waals surface area contributed by atoms with Gasteiger partial charge in [0, 0.05) is 0 Å². The van der Waals surface area contributed by atoms with Crippen molar-refractivity contribution >= 4 is 28.7 Å². The molecule has 0 saturated heterocycles. The first-order chi connectivity index (χ1) is 15.0. The van der Waals surface area contributed by atoms with Gasteiger partial charge >= 0.3 is 5.97 Å². The second kappa shape index (κ2) is 8.85. The first-order valence-corrected chi connectivity index (χ1v) is 10.6. The summed E-state index contributed by atoms with van der Waals surface area (Å²) in [7, 11) is 0. The summed E-state index contributed by atoms with van der Waals surface area (Å²) in [5, 5.41) is 8.73. The SMILES string of the molecule is CCCc1c(C(=O)OCc2nc3nc(Cl)ccc3[nH]2)nnn1-c1cccc(C(C)C)c1. The molecule has 3 aromatic heterocycles. The number of aromatic nitrogens is 6. The van der Waals surface area contributed by atoms with Gasteiger partial charge in [-0.15, -0.1) is 5.10 Å². The number of H-pyrrole nitrogens is 1. The molecule has 0 aliphatic heterocycles. The van der Waals surface area contributed by atoms with Crippen LogP contribution in [-0.4, -0.2) is 35.9 Å². The summed E-state index contributed by atoms with van der Waals surface area (Å²) >= 11 is 5.89. The molecular weight excluding hydrogens is 416 g/mol. The molecule has 0 bridgehead atoms. The lowest BCUT2D eigenvalue weighted by atomic mass is 10.0. The van der Waals surface area contributed by atoms with Gasteiger partial charge in [0.2, 0.25) is 0 Å². The summed E-state index contributed by atoms with van der Waals surface area (Å²) in [4.78, 5) is 24.3. The minimum absolute atomic E-state index is 0.0337. The van der Waals surface area contributed by atoms with E-state index in [0.717, 1.165) is 23.3 Å². The third-order valence-corrected chi connectivity index (χ3v) is 5.14. The van der Waals surface area contributed by atoms with Gasteiger partial charge in [0.25, 0.3) is 0 Å². The van der Waals surface area contributed by atoms with E-state index in [1.807, 2.05) is 19.1 Å². The molecule has 0 unspecified atom stereocenters. The molecule has 0 spiro atoms. The van der Waals surface area contributed by atoms with Gasteiger partial charge in [-0.05, 0) is 42.2 Å². The molecule has 0 aliphatic carbocycles. The van der Waals surface area contributed by atoms with E-state index in [1.54, 1.807) is 16.8 Å². The number of rotatable bonds is 7. The molecule has 4 rings (SSSR count). The molecule has 0 saturated carbocycles. The van der Waals surface area contributed by atoms with E-state index in [0.29, 0.717) is 29.0 Å². The molecule has 0 aliphatic rings. The van der Waals surface area contributed by atoms with E-state index >= 15 is 0 Å². The Morgan fingerprint density at radius 3 is 2.84 bits per heavy atom. The van der Waals surface area contributed by atoms with Crippen molar-refractivity contribution in [3.8, 4) is 5.69 Å². The van der Waals surface area contributed by atoms with Crippen molar-refractivity contribution in [2.24, 2.45) is 0 Å². The predicted molar refractivity (Wildman–Crippen MR) is 117 cm³/mol. The summed E-state index contributed by atoms with van der Waals surface area (Å²) in [6, 6.07) is 11.5. The van der Waals surface area contributed by atoms with Crippen molar-refractivity contribution in [1.82, 2.24) is 29.9 Å². The Labute approximate surface area is 184 Å². The quantitative estimate of drug-likeness (QED) is 0.333. The van der Waals surface area contributed by atoms with Crippen LogP contribution < -0.4 is 0 Å². The Balaban J connectivity index is 1.56. The molecule has 31 heavy (non-hydrogen) atoms. The van der Waals surface area contributed by atoms with E-state index < -0.39 is 5.97 Å². The van der Waals surface area contributed by atoms with Crippen molar-refractivity contribution in [2.75, 3.05) is 0 Å². The van der Waals surface area contributed by atoms with Gasteiger partial charge in [0.05, 0.1) is 16.9 Å². The molecule has 0 radical (unpaired) electrons. The van der Waals surface area contributed by atoms with E-state index in [2.05, 4.69) is 51.2 Å². The van der Waals surface area contributed by atoms with Crippen LogP contribution in [-0.2, 0) is 17.8 Å². The highest BCUT2D eigenvalue weighted by atomic mass is 35.5. The first kappa shape index (κ1) is 21.0. The maximum Gasteiger partial charge on any atom is 0.361 e. The van der Waals surface area contributed by atoms with Gasteiger partial charge < -0.3 is 9.72 Å². The molecule has 1 aromatic carbocycles. The monoisotopic (exact) mass is 438 g/mol. The van der Waals surface area contributed by atoms with Crippen LogP contribution in [0.25, 0.3) is 16.9 Å². The smallest absolute Gasteiger partial charge is 0.361 e. The number of esters is 1. The van der Waals surface area contributed by atoms with Gasteiger partial charge in [-0.2, -0.15) is 0 Å². The van der Waals surface area contributed by atoms with Gasteiger partial charge in [0.15, 0.2) is 11.3 Å². The molecule has 160 valence electrons. The van der Waals surface area contributed by atoms with Crippen LogP contribution in [0.4, 0.5) is 0 Å². The van der Waals surface area contributed by atoms with Gasteiger partial charge in [-0.1, -0.05) is 56.1 Å². The number of pyridine rings is 1. The fraction of sp³-hybridized carbons (Fsp3) is 0.318. The fourth-order valence-electron chi connectivity index (χ4n) is 3.33. The van der Waals surface area contributed by atoms with Crippen molar-refractivity contribution in [1.29, 1.82) is 0 Å². The van der Waals surface area contributed by atoms with Crippen LogP contribution in [0.2, 0.25) is 5.15 Å². The number of imidazole rings is 1. The third kappa shape index (κ3) is 4.44. The van der Waals surface area contributed by atoms with Crippen LogP contribution in [0.1, 0.15) is 60.7 Å². The van der Waals surface area contributed by atoms with Crippen molar-refractivity contribution in [2.45, 2.75) is 46.1 Å². The molecule has 1 N–H and O–H groups in total. The topological polar surface area (TPSA) is 98.6 Å². The lowest BCUT2D eigenvalue weighted by Gasteiger charge is -2.10. The number of nitrogens with zero attached hydrogens (tertiary/aromatic N) is 5. The minimum Gasteiger partial charge on any atom is -0.453 e. The van der Waals surface area contributed by atoms with Crippen LogP contribution >= 0.6 is 11.6 Å². The Kier molecular flexibility index (Phi) is 5.99. The maximum absolute atomic E-state index is 12.8. The highest BCUT2D eigenvalue weighted by molar-refractivity contribution is 6.29.